The van der Waals surface area contributed by atoms with Gasteiger partial charge >= 0.3 is 0 Å². The summed E-state index contributed by atoms with van der Waals surface area (Å²) in [6.45, 7) is 4.86. The van der Waals surface area contributed by atoms with Crippen molar-refractivity contribution in [2.75, 3.05) is 44.3 Å². The summed E-state index contributed by atoms with van der Waals surface area (Å²) < 4.78 is 5.28. The summed E-state index contributed by atoms with van der Waals surface area (Å²) in [7, 11) is 0. The van der Waals surface area contributed by atoms with E-state index in [4.69, 9.17) is 4.74 Å². The Balaban J connectivity index is 1.67. The van der Waals surface area contributed by atoms with Crippen molar-refractivity contribution in [2.45, 2.75) is 19.3 Å². The minimum absolute atomic E-state index is 0.0924. The Morgan fingerprint density at radius 2 is 1.80 bits per heavy atom. The molecular formula is C15H22N3O2+. The molecule has 0 aromatic carbocycles. The fourth-order valence-corrected chi connectivity index (χ4v) is 2.83. The zero-order chi connectivity index (χ0) is 13.8. The Hall–Kier alpha value is -1.62. The molecule has 1 aromatic rings. The second-order valence-corrected chi connectivity index (χ2v) is 5.41. The molecule has 1 aromatic heterocycles. The number of rotatable bonds is 2. The minimum atomic E-state index is 0.0924. The highest BCUT2D eigenvalue weighted by Crippen LogP contribution is 2.15. The summed E-state index contributed by atoms with van der Waals surface area (Å²) in [5, 5.41) is 0. The summed E-state index contributed by atoms with van der Waals surface area (Å²) in [5.74, 6) is 1.21. The number of hydrogen-bond donors (Lipinski definition) is 0. The van der Waals surface area contributed by atoms with E-state index in [1.165, 1.54) is 19.3 Å². The van der Waals surface area contributed by atoms with Crippen molar-refractivity contribution in [3.05, 3.63) is 23.9 Å². The van der Waals surface area contributed by atoms with Crippen molar-refractivity contribution in [2.24, 2.45) is 0 Å². The summed E-state index contributed by atoms with van der Waals surface area (Å²) in [5.41, 5.74) is 0.729. The first-order valence-electron chi connectivity index (χ1n) is 7.48. The smallest absolute Gasteiger partial charge is 0.274 e. The maximum absolute atomic E-state index is 12.3. The average molecular weight is 276 g/mol. The van der Waals surface area contributed by atoms with Crippen LogP contribution in [0.2, 0.25) is 0 Å². The van der Waals surface area contributed by atoms with Crippen molar-refractivity contribution >= 4 is 11.7 Å². The number of amides is 1. The number of aromatic nitrogens is 1. The van der Waals surface area contributed by atoms with Crippen LogP contribution in [0.1, 0.15) is 29.6 Å². The van der Waals surface area contributed by atoms with Crippen LogP contribution in [-0.2, 0) is 4.74 Å². The third-order valence-electron chi connectivity index (χ3n) is 4.04. The molecule has 108 valence electrons. The molecule has 0 unspecified atom stereocenters. The summed E-state index contributed by atoms with van der Waals surface area (Å²) in [4.78, 5) is 19.8. The lowest BCUT2D eigenvalue weighted by molar-refractivity contribution is -0.364. The van der Waals surface area contributed by atoms with Gasteiger partial charge in [-0.05, 0) is 25.3 Å². The zero-order valence-electron chi connectivity index (χ0n) is 11.8. The number of hydrogen-bond acceptors (Lipinski definition) is 3. The second kappa shape index (κ2) is 6.22. The number of morpholine rings is 1. The predicted octanol–water partition coefficient (Wildman–Crippen LogP) is 0.963. The number of carbonyl (C=O) groups excluding carboxylic acids is 1. The average Bonchev–Trinajstić information content (AvgIpc) is 2.56. The molecule has 2 saturated heterocycles. The van der Waals surface area contributed by atoms with Gasteiger partial charge in [0.05, 0.1) is 31.9 Å². The molecule has 0 aliphatic carbocycles. The number of aromatic amines is 1. The lowest BCUT2D eigenvalue weighted by atomic mass is 10.1. The van der Waals surface area contributed by atoms with E-state index in [9.17, 15) is 4.79 Å². The van der Waals surface area contributed by atoms with E-state index in [0.29, 0.717) is 26.3 Å². The SMILES string of the molecule is O=C(c1ccc(N2CCCCC2)[nH+]c1)N1CCOCC1. The van der Waals surface area contributed by atoms with E-state index >= 15 is 0 Å². The minimum Gasteiger partial charge on any atom is -0.378 e. The quantitative estimate of drug-likeness (QED) is 0.808. The predicted molar refractivity (Wildman–Crippen MR) is 75.8 cm³/mol. The Morgan fingerprint density at radius 3 is 2.45 bits per heavy atom. The molecule has 2 fully saturated rings. The lowest BCUT2D eigenvalue weighted by Gasteiger charge is -2.26. The van der Waals surface area contributed by atoms with Gasteiger partial charge in [-0.1, -0.05) is 0 Å². The van der Waals surface area contributed by atoms with Gasteiger partial charge in [0.25, 0.3) is 11.7 Å². The normalized spacial score (nSPS) is 20.0. The molecule has 0 spiro atoms. The fraction of sp³-hybridized carbons (Fsp3) is 0.600. The number of pyridine rings is 1. The van der Waals surface area contributed by atoms with Crippen molar-refractivity contribution < 1.29 is 14.5 Å². The van der Waals surface area contributed by atoms with E-state index in [1.807, 2.05) is 23.2 Å². The van der Waals surface area contributed by atoms with Crippen LogP contribution in [0, 0.1) is 0 Å². The molecule has 1 N–H and O–H groups in total. The Morgan fingerprint density at radius 1 is 1.05 bits per heavy atom. The molecular weight excluding hydrogens is 254 g/mol. The first-order chi connectivity index (χ1) is 9.84. The molecule has 3 rings (SSSR count). The first kappa shape index (κ1) is 13.4. The molecule has 1 amide bonds. The molecule has 0 saturated carbocycles. The molecule has 2 aliphatic rings. The van der Waals surface area contributed by atoms with Crippen LogP contribution in [0.4, 0.5) is 5.82 Å². The molecule has 0 bridgehead atoms. The Bertz CT molecular complexity index is 449. The molecule has 5 heteroatoms. The number of nitrogens with zero attached hydrogens (tertiary/aromatic N) is 2. The van der Waals surface area contributed by atoms with E-state index in [0.717, 1.165) is 24.5 Å². The Labute approximate surface area is 119 Å². The van der Waals surface area contributed by atoms with Gasteiger partial charge in [0.1, 0.15) is 6.20 Å². The van der Waals surface area contributed by atoms with Gasteiger partial charge in [-0.2, -0.15) is 0 Å². The van der Waals surface area contributed by atoms with Crippen LogP contribution < -0.4 is 9.88 Å². The number of H-pyrrole nitrogens is 1. The van der Waals surface area contributed by atoms with E-state index in [1.54, 1.807) is 0 Å². The van der Waals surface area contributed by atoms with Gasteiger partial charge in [-0.15, -0.1) is 0 Å². The number of anilines is 1. The van der Waals surface area contributed by atoms with Crippen LogP contribution in [0.5, 0.6) is 0 Å². The summed E-state index contributed by atoms with van der Waals surface area (Å²) in [6, 6.07) is 3.96. The fourth-order valence-electron chi connectivity index (χ4n) is 2.83. The van der Waals surface area contributed by atoms with Crippen molar-refractivity contribution in [1.82, 2.24) is 4.90 Å². The highest BCUT2D eigenvalue weighted by atomic mass is 16.5. The standard InChI is InChI=1S/C15H21N3O2/c19-15(18-8-10-20-11-9-18)13-4-5-14(16-12-13)17-6-2-1-3-7-17/h4-5,12H,1-3,6-11H2/p+1. The summed E-state index contributed by atoms with van der Waals surface area (Å²) >= 11 is 0. The largest absolute Gasteiger partial charge is 0.378 e. The van der Waals surface area contributed by atoms with Gasteiger partial charge in [0, 0.05) is 19.2 Å². The third-order valence-corrected chi connectivity index (χ3v) is 4.04. The monoisotopic (exact) mass is 276 g/mol. The number of nitrogens with one attached hydrogen (secondary N) is 1. The summed E-state index contributed by atoms with van der Waals surface area (Å²) in [6.07, 6.45) is 5.66. The van der Waals surface area contributed by atoms with Crippen LogP contribution in [0.15, 0.2) is 18.3 Å². The molecule has 20 heavy (non-hydrogen) atoms. The third kappa shape index (κ3) is 2.93. The highest BCUT2D eigenvalue weighted by Gasteiger charge is 2.22. The van der Waals surface area contributed by atoms with Crippen molar-refractivity contribution in [3.8, 4) is 0 Å². The maximum atomic E-state index is 12.3. The van der Waals surface area contributed by atoms with Crippen LogP contribution in [0.25, 0.3) is 0 Å². The number of ether oxygens (including phenoxy) is 1. The van der Waals surface area contributed by atoms with Gasteiger partial charge in [-0.3, -0.25) is 9.69 Å². The van der Waals surface area contributed by atoms with Gasteiger partial charge in [-0.25, -0.2) is 4.98 Å². The topological polar surface area (TPSA) is 46.9 Å². The Kier molecular flexibility index (Phi) is 4.16. The van der Waals surface area contributed by atoms with Gasteiger partial charge < -0.3 is 9.64 Å². The van der Waals surface area contributed by atoms with E-state index in [2.05, 4.69) is 9.88 Å². The highest BCUT2D eigenvalue weighted by molar-refractivity contribution is 5.93. The lowest BCUT2D eigenvalue weighted by Crippen LogP contribution is -2.41. The number of piperidine rings is 1. The zero-order valence-corrected chi connectivity index (χ0v) is 11.8. The maximum Gasteiger partial charge on any atom is 0.274 e. The molecule has 0 radical (unpaired) electrons. The van der Waals surface area contributed by atoms with Crippen molar-refractivity contribution in [1.29, 1.82) is 0 Å². The molecule has 2 aliphatic heterocycles. The number of carbonyl (C=O) groups is 1. The van der Waals surface area contributed by atoms with Gasteiger partial charge in [0.15, 0.2) is 0 Å². The van der Waals surface area contributed by atoms with Crippen LogP contribution in [0.3, 0.4) is 0 Å². The molecule has 5 nitrogen and oxygen atoms in total. The van der Waals surface area contributed by atoms with Gasteiger partial charge in [0.2, 0.25) is 0 Å². The van der Waals surface area contributed by atoms with E-state index in [-0.39, 0.29) is 5.91 Å². The molecule has 3 heterocycles. The van der Waals surface area contributed by atoms with E-state index < -0.39 is 0 Å². The molecule has 0 atom stereocenters. The van der Waals surface area contributed by atoms with Crippen LogP contribution in [-0.4, -0.2) is 50.2 Å². The second-order valence-electron chi connectivity index (χ2n) is 5.41. The first-order valence-corrected chi connectivity index (χ1v) is 7.48. The van der Waals surface area contributed by atoms with Crippen LogP contribution >= 0.6 is 0 Å². The van der Waals surface area contributed by atoms with Crippen molar-refractivity contribution in [3.63, 3.8) is 0 Å².